The number of carbonyl (C=O) groups excluding carboxylic acids is 2. The molecule has 3 N–H and O–H groups in total. The van der Waals surface area contributed by atoms with Crippen molar-refractivity contribution in [2.75, 3.05) is 18.1 Å². The van der Waals surface area contributed by atoms with Gasteiger partial charge in [-0.05, 0) is 29.9 Å². The summed E-state index contributed by atoms with van der Waals surface area (Å²) in [6, 6.07) is 9.21. The number of thioether (sulfide) groups is 1. The summed E-state index contributed by atoms with van der Waals surface area (Å²) in [5.74, 6) is -0.350. The standard InChI is InChI=1S/C16H20N2O4S/c19-13(10-12-4-2-1-3-5-12)17-11-14(20)18-16(15(21)22)6-8-23-9-7-16/h1-5H,6-11H2,(H,17,19)(H,18,20)(H,21,22). The third-order valence-electron chi connectivity index (χ3n) is 3.79. The molecule has 0 aliphatic carbocycles. The third-order valence-corrected chi connectivity index (χ3v) is 4.77. The fourth-order valence-corrected chi connectivity index (χ4v) is 3.64. The Morgan fingerprint density at radius 2 is 1.74 bits per heavy atom. The zero-order valence-corrected chi connectivity index (χ0v) is 13.5. The molecule has 0 spiro atoms. The summed E-state index contributed by atoms with van der Waals surface area (Å²) in [5, 5.41) is 14.5. The fourth-order valence-electron chi connectivity index (χ4n) is 2.45. The minimum atomic E-state index is -1.20. The van der Waals surface area contributed by atoms with Crippen LogP contribution in [-0.4, -0.2) is 46.5 Å². The van der Waals surface area contributed by atoms with Crippen molar-refractivity contribution >= 4 is 29.5 Å². The van der Waals surface area contributed by atoms with Crippen LogP contribution in [0.25, 0.3) is 0 Å². The maximum Gasteiger partial charge on any atom is 0.329 e. The first kappa shape index (κ1) is 17.3. The van der Waals surface area contributed by atoms with E-state index in [-0.39, 0.29) is 18.9 Å². The Balaban J connectivity index is 1.82. The molecule has 0 unspecified atom stereocenters. The first-order chi connectivity index (χ1) is 11.0. The number of carboxylic acid groups (broad SMARTS) is 1. The van der Waals surface area contributed by atoms with E-state index in [4.69, 9.17) is 0 Å². The molecule has 1 aromatic carbocycles. The number of rotatable bonds is 6. The minimum absolute atomic E-state index is 0.189. The van der Waals surface area contributed by atoms with E-state index in [0.717, 1.165) is 5.56 Å². The van der Waals surface area contributed by atoms with Crippen LogP contribution in [0, 0.1) is 0 Å². The highest BCUT2D eigenvalue weighted by Crippen LogP contribution is 2.27. The van der Waals surface area contributed by atoms with Crippen molar-refractivity contribution in [3.05, 3.63) is 35.9 Å². The van der Waals surface area contributed by atoms with Crippen molar-refractivity contribution in [2.45, 2.75) is 24.8 Å². The van der Waals surface area contributed by atoms with E-state index < -0.39 is 17.4 Å². The minimum Gasteiger partial charge on any atom is -0.480 e. The van der Waals surface area contributed by atoms with Crippen LogP contribution in [0.2, 0.25) is 0 Å². The lowest BCUT2D eigenvalue weighted by molar-refractivity contribution is -0.148. The predicted molar refractivity (Wildman–Crippen MR) is 88.2 cm³/mol. The van der Waals surface area contributed by atoms with Gasteiger partial charge in [-0.15, -0.1) is 0 Å². The Morgan fingerprint density at radius 1 is 1.09 bits per heavy atom. The number of hydrogen-bond donors (Lipinski definition) is 3. The third kappa shape index (κ3) is 4.99. The van der Waals surface area contributed by atoms with Gasteiger partial charge in [0.15, 0.2) is 0 Å². The maximum absolute atomic E-state index is 12.0. The van der Waals surface area contributed by atoms with Gasteiger partial charge in [-0.1, -0.05) is 30.3 Å². The second kappa shape index (κ2) is 8.01. The van der Waals surface area contributed by atoms with Gasteiger partial charge in [0.25, 0.3) is 0 Å². The number of amides is 2. The summed E-state index contributed by atoms with van der Waals surface area (Å²) in [6.45, 7) is -0.214. The molecule has 6 nitrogen and oxygen atoms in total. The molecule has 1 aromatic rings. The molecule has 1 heterocycles. The van der Waals surface area contributed by atoms with E-state index in [9.17, 15) is 19.5 Å². The predicted octanol–water partition coefficient (Wildman–Crippen LogP) is 0.812. The molecule has 0 bridgehead atoms. The van der Waals surface area contributed by atoms with Crippen LogP contribution in [0.5, 0.6) is 0 Å². The van der Waals surface area contributed by atoms with Crippen LogP contribution in [0.3, 0.4) is 0 Å². The Bertz CT molecular complexity index is 571. The molecular weight excluding hydrogens is 316 g/mol. The smallest absolute Gasteiger partial charge is 0.329 e. The van der Waals surface area contributed by atoms with E-state index >= 15 is 0 Å². The van der Waals surface area contributed by atoms with Crippen molar-refractivity contribution in [1.82, 2.24) is 10.6 Å². The second-order valence-corrected chi connectivity index (χ2v) is 6.71. The summed E-state index contributed by atoms with van der Waals surface area (Å²) < 4.78 is 0. The topological polar surface area (TPSA) is 95.5 Å². The lowest BCUT2D eigenvalue weighted by Gasteiger charge is -2.33. The van der Waals surface area contributed by atoms with Crippen molar-refractivity contribution in [3.8, 4) is 0 Å². The number of hydrogen-bond acceptors (Lipinski definition) is 4. The molecule has 1 fully saturated rings. The lowest BCUT2D eigenvalue weighted by atomic mass is 9.92. The van der Waals surface area contributed by atoms with E-state index in [1.165, 1.54) is 0 Å². The summed E-state index contributed by atoms with van der Waals surface area (Å²) >= 11 is 1.68. The van der Waals surface area contributed by atoms with Gasteiger partial charge in [-0.3, -0.25) is 9.59 Å². The number of nitrogens with one attached hydrogen (secondary N) is 2. The number of carboxylic acids is 1. The number of carbonyl (C=O) groups is 3. The molecule has 0 radical (unpaired) electrons. The molecule has 1 aliphatic heterocycles. The summed E-state index contributed by atoms with van der Waals surface area (Å²) in [7, 11) is 0. The zero-order valence-electron chi connectivity index (χ0n) is 12.7. The quantitative estimate of drug-likeness (QED) is 0.714. The van der Waals surface area contributed by atoms with Gasteiger partial charge in [0.1, 0.15) is 5.54 Å². The van der Waals surface area contributed by atoms with Crippen LogP contribution >= 0.6 is 11.8 Å². The number of aliphatic carboxylic acids is 1. The highest BCUT2D eigenvalue weighted by Gasteiger charge is 2.41. The normalized spacial score (nSPS) is 16.3. The van der Waals surface area contributed by atoms with Crippen LogP contribution < -0.4 is 10.6 Å². The Kier molecular flexibility index (Phi) is 6.04. The van der Waals surface area contributed by atoms with Crippen LogP contribution in [0.1, 0.15) is 18.4 Å². The molecule has 7 heteroatoms. The molecule has 0 aromatic heterocycles. The second-order valence-electron chi connectivity index (χ2n) is 5.49. The van der Waals surface area contributed by atoms with Gasteiger partial charge < -0.3 is 15.7 Å². The van der Waals surface area contributed by atoms with Crippen LogP contribution in [-0.2, 0) is 20.8 Å². The molecule has 0 atom stereocenters. The molecule has 2 rings (SSSR count). The van der Waals surface area contributed by atoms with Gasteiger partial charge in [0.05, 0.1) is 13.0 Å². The van der Waals surface area contributed by atoms with E-state index in [1.807, 2.05) is 30.3 Å². The molecule has 23 heavy (non-hydrogen) atoms. The van der Waals surface area contributed by atoms with Crippen LogP contribution in [0.15, 0.2) is 30.3 Å². The summed E-state index contributed by atoms with van der Waals surface area (Å²) in [4.78, 5) is 35.3. The molecule has 1 saturated heterocycles. The van der Waals surface area contributed by atoms with Gasteiger partial charge >= 0.3 is 5.97 Å². The first-order valence-electron chi connectivity index (χ1n) is 7.45. The first-order valence-corrected chi connectivity index (χ1v) is 8.60. The Morgan fingerprint density at radius 3 is 2.35 bits per heavy atom. The van der Waals surface area contributed by atoms with E-state index in [2.05, 4.69) is 10.6 Å². The van der Waals surface area contributed by atoms with E-state index in [0.29, 0.717) is 24.3 Å². The van der Waals surface area contributed by atoms with Crippen molar-refractivity contribution < 1.29 is 19.5 Å². The largest absolute Gasteiger partial charge is 0.480 e. The van der Waals surface area contributed by atoms with Gasteiger partial charge in [0.2, 0.25) is 11.8 Å². The molecule has 0 saturated carbocycles. The lowest BCUT2D eigenvalue weighted by Crippen LogP contribution is -2.58. The van der Waals surface area contributed by atoms with Crippen molar-refractivity contribution in [3.63, 3.8) is 0 Å². The molecule has 2 amide bonds. The molecule has 124 valence electrons. The Labute approximate surface area is 139 Å². The van der Waals surface area contributed by atoms with Crippen molar-refractivity contribution in [1.29, 1.82) is 0 Å². The molecule has 1 aliphatic rings. The average molecular weight is 336 g/mol. The average Bonchev–Trinajstić information content (AvgIpc) is 2.55. The number of benzene rings is 1. The van der Waals surface area contributed by atoms with Gasteiger partial charge in [-0.25, -0.2) is 4.79 Å². The van der Waals surface area contributed by atoms with E-state index in [1.54, 1.807) is 11.8 Å². The SMILES string of the molecule is O=C(Cc1ccccc1)NCC(=O)NC1(C(=O)O)CCSCC1. The Hall–Kier alpha value is -2.02. The fraction of sp³-hybridized carbons (Fsp3) is 0.438. The monoisotopic (exact) mass is 336 g/mol. The van der Waals surface area contributed by atoms with Gasteiger partial charge in [0, 0.05) is 0 Å². The molecular formula is C16H20N2O4S. The zero-order chi connectivity index (χ0) is 16.7. The highest BCUT2D eigenvalue weighted by atomic mass is 32.2. The van der Waals surface area contributed by atoms with Crippen LogP contribution in [0.4, 0.5) is 0 Å². The highest BCUT2D eigenvalue weighted by molar-refractivity contribution is 7.99. The summed E-state index contributed by atoms with van der Waals surface area (Å²) in [6.07, 6.45) is 0.988. The summed E-state index contributed by atoms with van der Waals surface area (Å²) in [5.41, 5.74) is -0.344. The van der Waals surface area contributed by atoms with Gasteiger partial charge in [-0.2, -0.15) is 11.8 Å². The maximum atomic E-state index is 12.0. The van der Waals surface area contributed by atoms with Crippen molar-refractivity contribution in [2.24, 2.45) is 0 Å².